The van der Waals surface area contributed by atoms with Crippen LogP contribution in [0.25, 0.3) is 27.7 Å². The molecular weight excluding hydrogens is 662 g/mol. The van der Waals surface area contributed by atoms with Gasteiger partial charge in [-0.05, 0) is 105 Å². The Bertz CT molecular complexity index is 1780. The van der Waals surface area contributed by atoms with Crippen molar-refractivity contribution in [2.24, 2.45) is 5.92 Å². The number of carbonyl (C=O) groups excluding carboxylic acids is 1. The van der Waals surface area contributed by atoms with Gasteiger partial charge in [-0.2, -0.15) is 0 Å². The van der Waals surface area contributed by atoms with Crippen LogP contribution in [0.1, 0.15) is 64.2 Å². The van der Waals surface area contributed by atoms with Crippen molar-refractivity contribution >= 4 is 51.7 Å². The molecule has 1 aromatic heterocycles. The van der Waals surface area contributed by atoms with Gasteiger partial charge in [-0.3, -0.25) is 14.2 Å². The Morgan fingerprint density at radius 1 is 0.872 bits per heavy atom. The minimum absolute atomic E-state index is 0.0356. The second-order valence-corrected chi connectivity index (χ2v) is 13.7. The standard InChI is InChI=1S/C37H38Cl3FN2O4/c38-30-12-6-13-31(39)36(30)43-33-22-26(21-29(28(33)16-17-34(43)44)27-15-14-24(41)20-32(27)40)46-19-7-18-42-35(23-8-2-1-3-9-23)37(45)47-25-10-4-5-11-25/h6,12-17,20-23,25,35,42H,1-5,7-11,18-19H2/t35-/m0/s1. The molecule has 0 aliphatic heterocycles. The van der Waals surface area contributed by atoms with Gasteiger partial charge in [-0.1, -0.05) is 60.1 Å². The number of carbonyl (C=O) groups is 1. The Morgan fingerprint density at radius 2 is 1.60 bits per heavy atom. The summed E-state index contributed by atoms with van der Waals surface area (Å²) < 4.78 is 27.7. The fourth-order valence-electron chi connectivity index (χ4n) is 6.94. The molecule has 3 aromatic carbocycles. The molecule has 47 heavy (non-hydrogen) atoms. The first-order chi connectivity index (χ1) is 22.8. The van der Waals surface area contributed by atoms with E-state index in [9.17, 15) is 14.0 Å². The van der Waals surface area contributed by atoms with E-state index in [2.05, 4.69) is 5.32 Å². The number of nitrogens with one attached hydrogen (secondary N) is 1. The van der Waals surface area contributed by atoms with Crippen LogP contribution >= 0.6 is 34.8 Å². The molecule has 0 unspecified atom stereocenters. The molecule has 2 aliphatic carbocycles. The molecular formula is C37H38Cl3FN2O4. The topological polar surface area (TPSA) is 69.6 Å². The summed E-state index contributed by atoms with van der Waals surface area (Å²) in [7, 11) is 0. The van der Waals surface area contributed by atoms with Crippen molar-refractivity contribution in [1.82, 2.24) is 9.88 Å². The second-order valence-electron chi connectivity index (χ2n) is 12.5. The molecule has 2 fully saturated rings. The van der Waals surface area contributed by atoms with Crippen molar-refractivity contribution in [2.75, 3.05) is 13.2 Å². The molecule has 6 rings (SSSR count). The Balaban J connectivity index is 1.26. The summed E-state index contributed by atoms with van der Waals surface area (Å²) in [6.45, 7) is 0.916. The van der Waals surface area contributed by atoms with E-state index in [0.717, 1.165) is 51.4 Å². The zero-order valence-corrected chi connectivity index (χ0v) is 28.4. The summed E-state index contributed by atoms with van der Waals surface area (Å²) in [5, 5.41) is 5.02. The second kappa shape index (κ2) is 15.4. The van der Waals surface area contributed by atoms with E-state index in [1.54, 1.807) is 36.4 Å². The molecule has 2 aliphatic rings. The maximum Gasteiger partial charge on any atom is 0.323 e. The number of nitrogens with zero attached hydrogens (tertiary/aromatic N) is 1. The summed E-state index contributed by atoms with van der Waals surface area (Å²) in [5.41, 5.74) is 1.76. The van der Waals surface area contributed by atoms with Crippen LogP contribution < -0.4 is 15.6 Å². The predicted molar refractivity (Wildman–Crippen MR) is 187 cm³/mol. The average Bonchev–Trinajstić information content (AvgIpc) is 3.57. The number of para-hydroxylation sites is 1. The minimum Gasteiger partial charge on any atom is -0.493 e. The van der Waals surface area contributed by atoms with Crippen LogP contribution in [0.2, 0.25) is 15.1 Å². The van der Waals surface area contributed by atoms with E-state index < -0.39 is 5.82 Å². The minimum atomic E-state index is -0.457. The van der Waals surface area contributed by atoms with E-state index in [1.165, 1.54) is 29.2 Å². The Labute approximate surface area is 289 Å². The third kappa shape index (κ3) is 7.80. The number of benzene rings is 3. The van der Waals surface area contributed by atoms with E-state index in [1.807, 2.05) is 6.07 Å². The number of fused-ring (bicyclic) bond motifs is 1. The summed E-state index contributed by atoms with van der Waals surface area (Å²) in [4.78, 5) is 26.6. The molecule has 0 saturated heterocycles. The predicted octanol–water partition coefficient (Wildman–Crippen LogP) is 9.55. The zero-order chi connectivity index (χ0) is 32.9. The van der Waals surface area contributed by atoms with Crippen LogP contribution in [-0.2, 0) is 9.53 Å². The van der Waals surface area contributed by atoms with Crippen LogP contribution in [0, 0.1) is 11.7 Å². The first kappa shape index (κ1) is 33.8. The lowest BCUT2D eigenvalue weighted by molar-refractivity contribution is -0.153. The first-order valence-electron chi connectivity index (χ1n) is 16.5. The van der Waals surface area contributed by atoms with Gasteiger partial charge >= 0.3 is 5.97 Å². The average molecular weight is 700 g/mol. The maximum absolute atomic E-state index is 14.0. The smallest absolute Gasteiger partial charge is 0.323 e. The van der Waals surface area contributed by atoms with Gasteiger partial charge in [0.15, 0.2) is 0 Å². The van der Waals surface area contributed by atoms with Gasteiger partial charge in [0.05, 0.1) is 32.9 Å². The van der Waals surface area contributed by atoms with E-state index in [-0.39, 0.29) is 34.6 Å². The Kier molecular flexibility index (Phi) is 11.1. The Morgan fingerprint density at radius 3 is 2.32 bits per heavy atom. The molecule has 248 valence electrons. The lowest BCUT2D eigenvalue weighted by atomic mass is 9.84. The monoisotopic (exact) mass is 698 g/mol. The summed E-state index contributed by atoms with van der Waals surface area (Å²) in [6.07, 6.45) is 10.3. The molecule has 10 heteroatoms. The molecule has 0 spiro atoms. The van der Waals surface area contributed by atoms with Gasteiger partial charge in [0.2, 0.25) is 0 Å². The molecule has 1 N–H and O–H groups in total. The van der Waals surface area contributed by atoms with E-state index in [4.69, 9.17) is 44.3 Å². The molecule has 4 aromatic rings. The van der Waals surface area contributed by atoms with Crippen molar-refractivity contribution in [3.8, 4) is 22.6 Å². The highest BCUT2D eigenvalue weighted by atomic mass is 35.5. The normalized spacial score (nSPS) is 16.4. The van der Waals surface area contributed by atoms with Gasteiger partial charge < -0.3 is 14.8 Å². The van der Waals surface area contributed by atoms with Crippen molar-refractivity contribution < 1.29 is 18.7 Å². The highest BCUT2D eigenvalue weighted by molar-refractivity contribution is 6.38. The Hall–Kier alpha value is -3.10. The van der Waals surface area contributed by atoms with Gasteiger partial charge in [0.25, 0.3) is 5.56 Å². The van der Waals surface area contributed by atoms with Crippen LogP contribution in [0.4, 0.5) is 4.39 Å². The fourth-order valence-corrected chi connectivity index (χ4v) is 7.78. The number of esters is 1. The number of halogens is 4. The fraction of sp³-hybridized carbons (Fsp3) is 0.405. The highest BCUT2D eigenvalue weighted by Gasteiger charge is 2.32. The number of hydrogen-bond donors (Lipinski definition) is 1. The van der Waals surface area contributed by atoms with E-state index >= 15 is 0 Å². The molecule has 0 amide bonds. The van der Waals surface area contributed by atoms with Crippen molar-refractivity contribution in [1.29, 1.82) is 0 Å². The maximum atomic E-state index is 14.0. The number of ether oxygens (including phenoxy) is 2. The summed E-state index contributed by atoms with van der Waals surface area (Å²) >= 11 is 19.7. The van der Waals surface area contributed by atoms with Gasteiger partial charge in [-0.25, -0.2) is 4.39 Å². The van der Waals surface area contributed by atoms with Crippen molar-refractivity contribution in [3.05, 3.63) is 91.9 Å². The van der Waals surface area contributed by atoms with Crippen molar-refractivity contribution in [2.45, 2.75) is 76.4 Å². The number of aromatic nitrogens is 1. The van der Waals surface area contributed by atoms with Crippen molar-refractivity contribution in [3.63, 3.8) is 0 Å². The summed E-state index contributed by atoms with van der Waals surface area (Å²) in [6, 6.07) is 15.7. The molecule has 0 bridgehead atoms. The number of rotatable bonds is 11. The van der Waals surface area contributed by atoms with Gasteiger partial charge in [0.1, 0.15) is 23.7 Å². The van der Waals surface area contributed by atoms with E-state index in [0.29, 0.717) is 63.1 Å². The molecule has 6 nitrogen and oxygen atoms in total. The zero-order valence-electron chi connectivity index (χ0n) is 26.1. The van der Waals surface area contributed by atoms with Crippen LogP contribution in [0.5, 0.6) is 5.75 Å². The SMILES string of the molecule is O=C(OC1CCCC1)[C@@H](NCCCOc1cc(-c2ccc(F)cc2Cl)c2ccc(=O)n(-c3c(Cl)cccc3Cl)c2c1)C1CCCCC1. The molecule has 2 saturated carbocycles. The highest BCUT2D eigenvalue weighted by Crippen LogP contribution is 2.39. The molecule has 1 atom stereocenters. The summed E-state index contributed by atoms with van der Waals surface area (Å²) in [5.74, 6) is 0.174. The van der Waals surface area contributed by atoms with Gasteiger partial charge in [0, 0.05) is 23.1 Å². The van der Waals surface area contributed by atoms with Crippen LogP contribution in [-0.4, -0.2) is 35.8 Å². The number of hydrogen-bond acceptors (Lipinski definition) is 5. The van der Waals surface area contributed by atoms with Crippen LogP contribution in [0.3, 0.4) is 0 Å². The molecule has 1 heterocycles. The third-order valence-corrected chi connectivity index (χ3v) is 10.2. The third-order valence-electron chi connectivity index (χ3n) is 9.28. The lowest BCUT2D eigenvalue weighted by Crippen LogP contribution is -2.46. The van der Waals surface area contributed by atoms with Crippen LogP contribution in [0.15, 0.2) is 65.5 Å². The lowest BCUT2D eigenvalue weighted by Gasteiger charge is -2.30. The quantitative estimate of drug-likeness (QED) is 0.125. The first-order valence-corrected chi connectivity index (χ1v) is 17.6. The van der Waals surface area contributed by atoms with Gasteiger partial charge in [-0.15, -0.1) is 0 Å². The number of pyridine rings is 1. The largest absolute Gasteiger partial charge is 0.493 e. The molecule has 0 radical (unpaired) electrons.